The minimum absolute atomic E-state index is 0.114. The molecule has 2 heterocycles. The Morgan fingerprint density at radius 1 is 1.21 bits per heavy atom. The van der Waals surface area contributed by atoms with Gasteiger partial charge in [-0.3, -0.25) is 4.79 Å². The summed E-state index contributed by atoms with van der Waals surface area (Å²) >= 11 is 11.4. The maximum atomic E-state index is 12.2. The first-order valence-corrected chi connectivity index (χ1v) is 8.52. The summed E-state index contributed by atoms with van der Waals surface area (Å²) in [4.78, 5) is 12.9. The van der Waals surface area contributed by atoms with E-state index >= 15 is 0 Å². The zero-order valence-electron chi connectivity index (χ0n) is 9.44. The third-order valence-electron chi connectivity index (χ3n) is 2.54. The molecule has 0 atom stereocenters. The summed E-state index contributed by atoms with van der Waals surface area (Å²) in [5.74, 6) is -0.114. The first kappa shape index (κ1) is 13.4. The fourth-order valence-corrected chi connectivity index (χ4v) is 4.56. The van der Waals surface area contributed by atoms with Crippen LogP contribution in [0.25, 0.3) is 9.40 Å². The van der Waals surface area contributed by atoms with Crippen LogP contribution in [0.5, 0.6) is 0 Å². The third-order valence-corrected chi connectivity index (χ3v) is 5.62. The summed E-state index contributed by atoms with van der Waals surface area (Å²) in [6.45, 7) is 0. The number of amides is 1. The summed E-state index contributed by atoms with van der Waals surface area (Å²) in [5.41, 5.74) is 0.642. The molecule has 0 bridgehead atoms. The Labute approximate surface area is 136 Å². The molecule has 2 aromatic heterocycles. The second-order valence-corrected chi connectivity index (χ2v) is 7.52. The molecule has 1 aromatic carbocycles. The van der Waals surface area contributed by atoms with Crippen molar-refractivity contribution in [3.63, 3.8) is 0 Å². The highest BCUT2D eigenvalue weighted by molar-refractivity contribution is 14.1. The minimum Gasteiger partial charge on any atom is -0.320 e. The molecule has 1 N–H and O–H groups in total. The van der Waals surface area contributed by atoms with Crippen LogP contribution in [-0.4, -0.2) is 5.91 Å². The van der Waals surface area contributed by atoms with E-state index in [1.807, 2.05) is 35.7 Å². The summed E-state index contributed by atoms with van der Waals surface area (Å²) in [5, 5.41) is 5.43. The lowest BCUT2D eigenvalue weighted by atomic mass is 10.3. The first-order valence-electron chi connectivity index (χ1n) is 5.37. The van der Waals surface area contributed by atoms with Crippen LogP contribution in [0.3, 0.4) is 0 Å². The number of fused-ring (bicyclic) bond motifs is 1. The summed E-state index contributed by atoms with van der Waals surface area (Å²) < 4.78 is 3.32. The Balaban J connectivity index is 1.86. The number of nitrogens with one attached hydrogen (secondary N) is 1. The van der Waals surface area contributed by atoms with E-state index in [1.54, 1.807) is 11.3 Å². The average molecular weight is 420 g/mol. The molecule has 2 nitrogen and oxygen atoms in total. The number of halogens is 2. The van der Waals surface area contributed by atoms with Gasteiger partial charge in [0.2, 0.25) is 0 Å². The van der Waals surface area contributed by atoms with Gasteiger partial charge >= 0.3 is 0 Å². The molecule has 3 aromatic rings. The van der Waals surface area contributed by atoms with E-state index in [2.05, 4.69) is 27.9 Å². The first-order chi connectivity index (χ1) is 9.13. The Hall–Kier alpha value is -0.630. The van der Waals surface area contributed by atoms with E-state index in [9.17, 15) is 4.79 Å². The van der Waals surface area contributed by atoms with E-state index in [4.69, 9.17) is 11.6 Å². The molecule has 0 radical (unpaired) electrons. The van der Waals surface area contributed by atoms with Crippen molar-refractivity contribution in [2.75, 3.05) is 5.32 Å². The van der Waals surface area contributed by atoms with Crippen LogP contribution >= 0.6 is 56.9 Å². The van der Waals surface area contributed by atoms with Gasteiger partial charge in [0, 0.05) is 13.0 Å². The van der Waals surface area contributed by atoms with E-state index < -0.39 is 0 Å². The number of carbonyl (C=O) groups is 1. The van der Waals surface area contributed by atoms with Gasteiger partial charge in [0.25, 0.3) is 5.91 Å². The van der Waals surface area contributed by atoms with Crippen molar-refractivity contribution in [3.8, 4) is 0 Å². The van der Waals surface area contributed by atoms with Crippen molar-refractivity contribution in [2.24, 2.45) is 0 Å². The molecule has 3 rings (SSSR count). The fourth-order valence-electron chi connectivity index (χ4n) is 1.65. The largest absolute Gasteiger partial charge is 0.320 e. The van der Waals surface area contributed by atoms with Gasteiger partial charge in [-0.05, 0) is 58.3 Å². The molecule has 0 unspecified atom stereocenters. The highest BCUT2D eigenvalue weighted by atomic mass is 127. The number of rotatable bonds is 2. The van der Waals surface area contributed by atoms with Crippen LogP contribution in [-0.2, 0) is 0 Å². The van der Waals surface area contributed by atoms with E-state index in [0.717, 1.165) is 13.0 Å². The van der Waals surface area contributed by atoms with Gasteiger partial charge in [-0.1, -0.05) is 11.6 Å². The predicted molar refractivity (Wildman–Crippen MR) is 91.8 cm³/mol. The standard InChI is InChI=1S/C13H7ClINOS2/c14-8-5-7(15)1-2-9(8)16-13(17)12-6-11-10(19-12)3-4-18-11/h1-6H,(H,16,17). The van der Waals surface area contributed by atoms with Gasteiger partial charge in [0.15, 0.2) is 0 Å². The van der Waals surface area contributed by atoms with Gasteiger partial charge in [0.05, 0.1) is 15.6 Å². The highest BCUT2D eigenvalue weighted by Gasteiger charge is 2.12. The summed E-state index contributed by atoms with van der Waals surface area (Å²) in [6, 6.07) is 9.50. The lowest BCUT2D eigenvalue weighted by Gasteiger charge is -2.06. The van der Waals surface area contributed by atoms with Crippen molar-refractivity contribution in [1.29, 1.82) is 0 Å². The minimum atomic E-state index is -0.114. The Morgan fingerprint density at radius 2 is 2.05 bits per heavy atom. The molecule has 6 heteroatoms. The summed E-state index contributed by atoms with van der Waals surface area (Å²) in [7, 11) is 0. The molecule has 0 fully saturated rings. The second-order valence-electron chi connectivity index (χ2n) is 3.84. The normalized spacial score (nSPS) is 10.8. The quantitative estimate of drug-likeness (QED) is 0.548. The monoisotopic (exact) mass is 419 g/mol. The fraction of sp³-hybridized carbons (Fsp3) is 0. The lowest BCUT2D eigenvalue weighted by Crippen LogP contribution is -2.10. The van der Waals surface area contributed by atoms with E-state index in [0.29, 0.717) is 15.6 Å². The Morgan fingerprint density at radius 3 is 2.79 bits per heavy atom. The molecule has 96 valence electrons. The number of hydrogen-bond donors (Lipinski definition) is 1. The molecule has 0 aliphatic rings. The zero-order chi connectivity index (χ0) is 13.4. The van der Waals surface area contributed by atoms with E-state index in [1.165, 1.54) is 11.3 Å². The van der Waals surface area contributed by atoms with Crippen molar-refractivity contribution < 1.29 is 4.79 Å². The zero-order valence-corrected chi connectivity index (χ0v) is 14.0. The van der Waals surface area contributed by atoms with Crippen LogP contribution < -0.4 is 5.32 Å². The van der Waals surface area contributed by atoms with Crippen molar-refractivity contribution in [1.82, 2.24) is 0 Å². The molecule has 0 spiro atoms. The van der Waals surface area contributed by atoms with Crippen molar-refractivity contribution >= 4 is 77.9 Å². The maximum absolute atomic E-state index is 12.2. The van der Waals surface area contributed by atoms with Crippen LogP contribution in [0.1, 0.15) is 9.67 Å². The average Bonchev–Trinajstić information content (AvgIpc) is 2.93. The number of thiophene rings is 2. The molecule has 0 aliphatic carbocycles. The van der Waals surface area contributed by atoms with Gasteiger partial charge < -0.3 is 5.32 Å². The Bertz CT molecular complexity index is 736. The van der Waals surface area contributed by atoms with Crippen LogP contribution in [0.15, 0.2) is 35.7 Å². The molecule has 19 heavy (non-hydrogen) atoms. The van der Waals surface area contributed by atoms with Gasteiger partial charge in [-0.15, -0.1) is 22.7 Å². The van der Waals surface area contributed by atoms with Crippen molar-refractivity contribution in [2.45, 2.75) is 0 Å². The maximum Gasteiger partial charge on any atom is 0.265 e. The topological polar surface area (TPSA) is 29.1 Å². The number of benzene rings is 1. The molecule has 0 saturated heterocycles. The number of anilines is 1. The molecule has 0 aliphatic heterocycles. The molecular formula is C13H7ClINOS2. The van der Waals surface area contributed by atoms with Gasteiger partial charge in [-0.25, -0.2) is 0 Å². The second kappa shape index (κ2) is 5.40. The van der Waals surface area contributed by atoms with Crippen LogP contribution in [0.2, 0.25) is 5.02 Å². The molecule has 1 amide bonds. The van der Waals surface area contributed by atoms with E-state index in [-0.39, 0.29) is 5.91 Å². The predicted octanol–water partition coefficient (Wildman–Crippen LogP) is 5.47. The highest BCUT2D eigenvalue weighted by Crippen LogP contribution is 2.31. The van der Waals surface area contributed by atoms with Gasteiger partial charge in [-0.2, -0.15) is 0 Å². The summed E-state index contributed by atoms with van der Waals surface area (Å²) in [6.07, 6.45) is 0. The van der Waals surface area contributed by atoms with Crippen LogP contribution in [0, 0.1) is 3.57 Å². The Kier molecular flexibility index (Phi) is 3.79. The third kappa shape index (κ3) is 2.79. The van der Waals surface area contributed by atoms with Crippen molar-refractivity contribution in [3.05, 3.63) is 49.2 Å². The number of hydrogen-bond acceptors (Lipinski definition) is 3. The van der Waals surface area contributed by atoms with Gasteiger partial charge in [0.1, 0.15) is 0 Å². The SMILES string of the molecule is O=C(Nc1ccc(I)cc1Cl)c1cc2sccc2s1. The van der Waals surface area contributed by atoms with Crippen LogP contribution in [0.4, 0.5) is 5.69 Å². The lowest BCUT2D eigenvalue weighted by molar-refractivity contribution is 0.103. The molecule has 0 saturated carbocycles. The number of carbonyl (C=O) groups excluding carboxylic acids is 1. The molecular weight excluding hydrogens is 413 g/mol. The smallest absolute Gasteiger partial charge is 0.265 e.